The molecule has 2 heterocycles. The fourth-order valence-corrected chi connectivity index (χ4v) is 3.83. The largest absolute Gasteiger partial charge is 0.507 e. The monoisotopic (exact) mass is 512 g/mol. The molecule has 2 aromatic heterocycles. The molecule has 5 aromatic rings. The second kappa shape index (κ2) is 12.1. The zero-order valence-corrected chi connectivity index (χ0v) is 25.3. The normalized spacial score (nSPS) is 10.8. The number of nitrogens with one attached hydrogen (secondary N) is 2. The first-order valence-electron chi connectivity index (χ1n) is 10.9. The summed E-state index contributed by atoms with van der Waals surface area (Å²) in [5, 5.41) is 36.6. The van der Waals surface area contributed by atoms with E-state index in [9.17, 15) is 9.90 Å². The first-order chi connectivity index (χ1) is 16.9. The number of azo groups is 1. The minimum Gasteiger partial charge on any atom is -0.507 e. The molecule has 2 radical (unpaired) electrons. The molecule has 37 heavy (non-hydrogen) atoms. The van der Waals surface area contributed by atoms with Gasteiger partial charge >= 0.3 is 0 Å². The van der Waals surface area contributed by atoms with Crippen molar-refractivity contribution in [3.63, 3.8) is 0 Å². The van der Waals surface area contributed by atoms with E-state index >= 15 is 0 Å². The zero-order valence-electron chi connectivity index (χ0n) is 21.3. The van der Waals surface area contributed by atoms with Gasteiger partial charge in [-0.25, -0.2) is 4.68 Å². The minimum absolute atomic E-state index is 0. The summed E-state index contributed by atoms with van der Waals surface area (Å²) in [7, 11) is 0. The van der Waals surface area contributed by atoms with Crippen LogP contribution in [0.3, 0.4) is 0 Å². The van der Waals surface area contributed by atoms with Gasteiger partial charge < -0.3 is 5.11 Å². The van der Waals surface area contributed by atoms with Crippen LogP contribution in [0.1, 0.15) is 16.8 Å². The second-order valence-electron chi connectivity index (χ2n) is 8.15. The van der Waals surface area contributed by atoms with Gasteiger partial charge in [0.15, 0.2) is 5.69 Å². The van der Waals surface area contributed by atoms with E-state index in [2.05, 4.69) is 36.0 Å². The third-order valence-electron chi connectivity index (χ3n) is 5.86. The van der Waals surface area contributed by atoms with Crippen molar-refractivity contribution < 1.29 is 5.11 Å². The maximum atomic E-state index is 13.2. The molecule has 5 rings (SSSR count). The van der Waals surface area contributed by atoms with Gasteiger partial charge in [-0.05, 0) is 61.4 Å². The molecule has 0 saturated carbocycles. The van der Waals surface area contributed by atoms with Gasteiger partial charge in [0.1, 0.15) is 11.4 Å². The van der Waals surface area contributed by atoms with Crippen molar-refractivity contribution >= 4 is 70.5 Å². The number of hydrogen-bond donors (Lipinski definition) is 3. The van der Waals surface area contributed by atoms with Crippen molar-refractivity contribution in [3.05, 3.63) is 87.8 Å². The van der Waals surface area contributed by atoms with Gasteiger partial charge in [-0.2, -0.15) is 5.21 Å². The number of aromatic nitrogens is 6. The molecule has 3 N–H and O–H groups in total. The summed E-state index contributed by atoms with van der Waals surface area (Å²) >= 11 is 0. The van der Waals surface area contributed by atoms with E-state index in [0.29, 0.717) is 39.6 Å². The van der Waals surface area contributed by atoms with E-state index in [4.69, 9.17) is 0 Å². The third kappa shape index (κ3) is 5.69. The van der Waals surface area contributed by atoms with Gasteiger partial charge in [0.05, 0.1) is 16.9 Å². The zero-order chi connectivity index (χ0) is 24.5. The number of hydrogen-bond acceptors (Lipinski definition) is 7. The first-order valence-corrected chi connectivity index (χ1v) is 10.9. The predicted molar refractivity (Wildman–Crippen MR) is 143 cm³/mol. The number of phenols is 1. The average Bonchev–Trinajstić information content (AvgIpc) is 3.48. The van der Waals surface area contributed by atoms with Crippen LogP contribution in [0.4, 0.5) is 11.4 Å². The summed E-state index contributed by atoms with van der Waals surface area (Å²) in [4.78, 5) is 13.2. The van der Waals surface area contributed by atoms with Crippen molar-refractivity contribution in [2.45, 2.75) is 20.8 Å². The van der Waals surface area contributed by atoms with Gasteiger partial charge in [-0.3, -0.25) is 9.89 Å². The number of aryl methyl sites for hydroxylation is 3. The van der Waals surface area contributed by atoms with E-state index in [1.165, 1.54) is 4.68 Å². The quantitative estimate of drug-likeness (QED) is 0.238. The number of phenolic OH excluding ortho intramolecular Hbond substituents is 1. The summed E-state index contributed by atoms with van der Waals surface area (Å²) in [5.74, 6) is 0.402. The van der Waals surface area contributed by atoms with Crippen molar-refractivity contribution in [1.82, 2.24) is 30.4 Å². The van der Waals surface area contributed by atoms with Crippen LogP contribution in [0.5, 0.6) is 5.75 Å². The van der Waals surface area contributed by atoms with Crippen LogP contribution in [0.2, 0.25) is 0 Å². The van der Waals surface area contributed by atoms with Crippen molar-refractivity contribution in [3.8, 4) is 34.0 Å². The summed E-state index contributed by atoms with van der Waals surface area (Å²) in [5.41, 5.74) is 5.46. The summed E-state index contributed by atoms with van der Waals surface area (Å²) < 4.78 is 1.45. The van der Waals surface area contributed by atoms with E-state index in [1.807, 2.05) is 44.2 Å². The Morgan fingerprint density at radius 1 is 0.838 bits per heavy atom. The van der Waals surface area contributed by atoms with E-state index in [1.54, 1.807) is 37.3 Å². The van der Waals surface area contributed by atoms with Crippen LogP contribution in [-0.4, -0.2) is 94.6 Å². The molecule has 0 atom stereocenters. The molecule has 0 aliphatic carbocycles. The Morgan fingerprint density at radius 2 is 1.54 bits per heavy atom. The SMILES string of the molecule is Cc1ccc(-n2[nH]c(C)c(N=Nc3c(-c4nn[nH]n4)cccc3-c3ccccc3O)c2=O)cc1C.[Na].[Na]. The Hall–Kier alpha value is -2.86. The van der Waals surface area contributed by atoms with Crippen LogP contribution in [0, 0.1) is 20.8 Å². The molecule has 10 nitrogen and oxygen atoms in total. The second-order valence-corrected chi connectivity index (χ2v) is 8.15. The number of tetrazole rings is 1. The Bertz CT molecular complexity index is 1620. The summed E-state index contributed by atoms with van der Waals surface area (Å²) in [6, 6.07) is 18.1. The molecule has 0 aliphatic heterocycles. The smallest absolute Gasteiger partial charge is 0.299 e. The fraction of sp³-hybridized carbons (Fsp3) is 0.120. The fourth-order valence-electron chi connectivity index (χ4n) is 3.83. The van der Waals surface area contributed by atoms with Gasteiger partial charge in [-0.15, -0.1) is 20.4 Å². The first kappa shape index (κ1) is 28.7. The Balaban J connectivity index is 0.00000190. The van der Waals surface area contributed by atoms with E-state index < -0.39 is 0 Å². The number of para-hydroxylation sites is 1. The standard InChI is InChI=1S/C25H22N8O2.2Na/c1-14-11-12-17(13-15(14)2)33-25(35)22(16(3)30-33)26-27-23-19(18-7-4-5-10-21(18)34)8-6-9-20(23)24-28-31-32-29-24;;/h4-13,30,34H,1-3H3,(H,28,29,31,32);;. The average molecular weight is 512 g/mol. The van der Waals surface area contributed by atoms with E-state index in [0.717, 1.165) is 11.1 Å². The molecule has 176 valence electrons. The van der Waals surface area contributed by atoms with Crippen LogP contribution >= 0.6 is 0 Å². The molecule has 0 aliphatic rings. The molecule has 0 amide bonds. The molecule has 12 heteroatoms. The number of rotatable bonds is 5. The van der Waals surface area contributed by atoms with Crippen LogP contribution < -0.4 is 5.56 Å². The van der Waals surface area contributed by atoms with Gasteiger partial charge in [0.2, 0.25) is 5.82 Å². The molecule has 0 bridgehead atoms. The Kier molecular flexibility index (Phi) is 9.41. The number of nitrogens with zero attached hydrogens (tertiary/aromatic N) is 6. The molecule has 0 unspecified atom stereocenters. The maximum Gasteiger partial charge on any atom is 0.299 e. The molecular weight excluding hydrogens is 490 g/mol. The van der Waals surface area contributed by atoms with Gasteiger partial charge in [-0.1, -0.05) is 36.4 Å². The predicted octanol–water partition coefficient (Wildman–Crippen LogP) is 4.30. The molecule has 0 saturated heterocycles. The number of aromatic hydroxyl groups is 1. The van der Waals surface area contributed by atoms with Gasteiger partial charge in [0, 0.05) is 70.2 Å². The summed E-state index contributed by atoms with van der Waals surface area (Å²) in [6.45, 7) is 5.78. The molecule has 0 spiro atoms. The number of aromatic amines is 2. The minimum atomic E-state index is -0.323. The Morgan fingerprint density at radius 3 is 2.24 bits per heavy atom. The van der Waals surface area contributed by atoms with Crippen molar-refractivity contribution in [2.24, 2.45) is 10.2 Å². The molecule has 0 fully saturated rings. The molecular formula is C25H22N8Na2O2. The summed E-state index contributed by atoms with van der Waals surface area (Å²) in [6.07, 6.45) is 0. The van der Waals surface area contributed by atoms with E-state index in [-0.39, 0.29) is 76.1 Å². The topological polar surface area (TPSA) is 137 Å². The third-order valence-corrected chi connectivity index (χ3v) is 5.86. The van der Waals surface area contributed by atoms with Crippen LogP contribution in [0.15, 0.2) is 75.7 Å². The van der Waals surface area contributed by atoms with Crippen LogP contribution in [0.25, 0.3) is 28.2 Å². The van der Waals surface area contributed by atoms with Crippen molar-refractivity contribution in [1.29, 1.82) is 0 Å². The maximum absolute atomic E-state index is 13.2. The molecule has 3 aromatic carbocycles. The number of benzene rings is 3. The number of H-pyrrole nitrogens is 2. The Labute approximate surface area is 256 Å². The van der Waals surface area contributed by atoms with Gasteiger partial charge in [0.25, 0.3) is 5.56 Å². The van der Waals surface area contributed by atoms with Crippen LogP contribution in [-0.2, 0) is 0 Å². The van der Waals surface area contributed by atoms with Crippen molar-refractivity contribution in [2.75, 3.05) is 0 Å².